The normalized spacial score (nSPS) is 14.6. The molecule has 264 valence electrons. The van der Waals surface area contributed by atoms with E-state index in [1.165, 1.54) is 12.1 Å². The number of imide groups is 1. The first-order valence-corrected chi connectivity index (χ1v) is 18.1. The fourth-order valence-electron chi connectivity index (χ4n) is 8.74. The number of nitrogens with zero attached hydrogens (tertiary/aromatic N) is 2. The number of hydrogen-bond donors (Lipinski definition) is 1. The second-order valence-electron chi connectivity index (χ2n) is 14.7. The minimum Gasteiger partial charge on any atom is -0.480 e. The van der Waals surface area contributed by atoms with Crippen molar-refractivity contribution in [1.29, 1.82) is 0 Å². The fourth-order valence-corrected chi connectivity index (χ4v) is 8.74. The molecule has 2 aliphatic rings. The maximum atomic E-state index is 14.2. The van der Waals surface area contributed by atoms with Gasteiger partial charge >= 0.3 is 5.97 Å². The fraction of sp³-hybridized carbons (Fsp3) is 0.222. The average Bonchev–Trinajstić information content (AvgIpc) is 3.11. The molecule has 7 aromatic carbocycles. The number of rotatable bonds is 7. The number of carboxylic acids is 1. The summed E-state index contributed by atoms with van der Waals surface area (Å²) in [5, 5.41) is 16.4. The monoisotopic (exact) mass is 702 g/mol. The summed E-state index contributed by atoms with van der Waals surface area (Å²) in [6.45, 7) is 9.22. The van der Waals surface area contributed by atoms with E-state index < -0.39 is 24.3 Å². The predicted octanol–water partition coefficient (Wildman–Crippen LogP) is 10.2. The van der Waals surface area contributed by atoms with Crippen LogP contribution < -0.4 is 14.4 Å². The molecule has 53 heavy (non-hydrogen) atoms. The van der Waals surface area contributed by atoms with E-state index in [9.17, 15) is 19.5 Å². The lowest BCUT2D eigenvalue weighted by atomic mass is 9.83. The Morgan fingerprint density at radius 1 is 0.604 bits per heavy atom. The predicted molar refractivity (Wildman–Crippen MR) is 209 cm³/mol. The van der Waals surface area contributed by atoms with E-state index in [4.69, 9.17) is 9.47 Å². The molecule has 0 radical (unpaired) electrons. The Kier molecular flexibility index (Phi) is 7.55. The number of carbonyl (C=O) groups excluding carboxylic acids is 2. The molecule has 0 bridgehead atoms. The number of carboxylic acid groups (broad SMARTS) is 1. The van der Waals surface area contributed by atoms with Crippen LogP contribution in [0.15, 0.2) is 78.9 Å². The lowest BCUT2D eigenvalue weighted by molar-refractivity contribution is -0.137. The van der Waals surface area contributed by atoms with Gasteiger partial charge in [0.1, 0.15) is 29.5 Å². The number of aliphatic carboxylic acids is 1. The van der Waals surface area contributed by atoms with Crippen LogP contribution in [-0.2, 0) is 4.79 Å². The van der Waals surface area contributed by atoms with Crippen LogP contribution in [0.1, 0.15) is 62.2 Å². The standard InChI is InChI=1S/C45H38N2O6/c1-24-15-25(2)18-28(17-24)52-36-21-33-40-34(45(51)47(44(33)50)23-38(48)49)22-37(53-29-19-26(3)16-27(4)20-29)42-32-11-12-35(46-13-6-5-7-14-46)30-9-8-10-31(39(30)32)41(36)43(40)42/h8-12,15-22H,5-7,13-14,23H2,1-4H3,(H,48,49). The van der Waals surface area contributed by atoms with Gasteiger partial charge in [-0.2, -0.15) is 0 Å². The summed E-state index contributed by atoms with van der Waals surface area (Å²) < 4.78 is 13.6. The van der Waals surface area contributed by atoms with Crippen molar-refractivity contribution >= 4 is 66.6 Å². The number of anilines is 1. The summed E-state index contributed by atoms with van der Waals surface area (Å²) in [4.78, 5) is 43.8. The summed E-state index contributed by atoms with van der Waals surface area (Å²) in [6.07, 6.45) is 3.50. The number of hydrogen-bond acceptors (Lipinski definition) is 6. The zero-order valence-corrected chi connectivity index (χ0v) is 30.1. The second kappa shape index (κ2) is 12.2. The van der Waals surface area contributed by atoms with E-state index in [1.54, 1.807) is 12.1 Å². The van der Waals surface area contributed by atoms with Gasteiger partial charge in [0.2, 0.25) is 0 Å². The zero-order chi connectivity index (χ0) is 36.7. The molecule has 0 aliphatic carbocycles. The number of piperidine rings is 1. The molecular formula is C45H38N2O6. The van der Waals surface area contributed by atoms with Gasteiger partial charge in [0.25, 0.3) is 11.8 Å². The molecule has 2 amide bonds. The summed E-state index contributed by atoms with van der Waals surface area (Å²) in [7, 11) is 0. The Labute approximate surface area is 306 Å². The first-order valence-electron chi connectivity index (χ1n) is 18.1. The minimum atomic E-state index is -1.29. The van der Waals surface area contributed by atoms with Crippen LogP contribution in [0.2, 0.25) is 0 Å². The van der Waals surface area contributed by atoms with Gasteiger partial charge in [-0.3, -0.25) is 19.3 Å². The SMILES string of the molecule is Cc1cc(C)cc(Oc2cc3c4c(cc(Oc5cc(C)cc(C)c5)c5c6ccc(N7CCCCC7)c7cccc(c2c45)c76)C(=O)N(CC(=O)O)C3=O)c1. The van der Waals surface area contributed by atoms with Crippen molar-refractivity contribution in [3.8, 4) is 23.0 Å². The van der Waals surface area contributed by atoms with E-state index in [2.05, 4.69) is 47.4 Å². The van der Waals surface area contributed by atoms with Crippen LogP contribution in [0.3, 0.4) is 0 Å². The van der Waals surface area contributed by atoms with Gasteiger partial charge in [0.05, 0.1) is 11.1 Å². The summed E-state index contributed by atoms with van der Waals surface area (Å²) >= 11 is 0. The molecule has 1 N–H and O–H groups in total. The molecule has 2 heterocycles. The Balaban J connectivity index is 1.45. The third kappa shape index (κ3) is 5.31. The Morgan fingerprint density at radius 2 is 1.11 bits per heavy atom. The third-order valence-electron chi connectivity index (χ3n) is 10.7. The molecule has 1 saturated heterocycles. The van der Waals surface area contributed by atoms with Gasteiger partial charge < -0.3 is 19.5 Å². The van der Waals surface area contributed by atoms with Crippen LogP contribution in [0.4, 0.5) is 5.69 Å². The lowest BCUT2D eigenvalue weighted by Crippen LogP contribution is -2.43. The smallest absolute Gasteiger partial charge is 0.323 e. The number of aryl methyl sites for hydroxylation is 4. The van der Waals surface area contributed by atoms with Crippen LogP contribution in [0.25, 0.3) is 43.1 Å². The summed E-state index contributed by atoms with van der Waals surface area (Å²) in [6, 6.07) is 26.0. The first-order chi connectivity index (χ1) is 25.5. The van der Waals surface area contributed by atoms with Gasteiger partial charge in [-0.15, -0.1) is 0 Å². The number of ether oxygens (including phenoxy) is 2. The van der Waals surface area contributed by atoms with Crippen LogP contribution in [-0.4, -0.2) is 47.4 Å². The minimum absolute atomic E-state index is 0.207. The molecule has 0 atom stereocenters. The molecule has 0 spiro atoms. The van der Waals surface area contributed by atoms with Crippen molar-refractivity contribution in [2.75, 3.05) is 24.5 Å². The van der Waals surface area contributed by atoms with Gasteiger partial charge in [-0.1, -0.05) is 36.4 Å². The van der Waals surface area contributed by atoms with Gasteiger partial charge in [-0.05, 0) is 128 Å². The molecule has 2 aliphatic heterocycles. The van der Waals surface area contributed by atoms with E-state index in [0.29, 0.717) is 33.8 Å². The Morgan fingerprint density at radius 3 is 1.64 bits per heavy atom. The molecular weight excluding hydrogens is 665 g/mol. The largest absolute Gasteiger partial charge is 0.480 e. The maximum absolute atomic E-state index is 14.2. The van der Waals surface area contributed by atoms with E-state index in [0.717, 1.165) is 85.4 Å². The molecule has 8 heteroatoms. The van der Waals surface area contributed by atoms with Crippen molar-refractivity contribution in [1.82, 2.24) is 4.90 Å². The highest BCUT2D eigenvalue weighted by atomic mass is 16.5. The second-order valence-corrected chi connectivity index (χ2v) is 14.7. The molecule has 1 fully saturated rings. The molecule has 0 saturated carbocycles. The highest BCUT2D eigenvalue weighted by Gasteiger charge is 2.38. The van der Waals surface area contributed by atoms with E-state index in [1.807, 2.05) is 52.0 Å². The molecule has 9 rings (SSSR count). The maximum Gasteiger partial charge on any atom is 0.323 e. The number of fused-ring (bicyclic) bond motifs is 2. The first kappa shape index (κ1) is 32.7. The van der Waals surface area contributed by atoms with Gasteiger partial charge in [-0.25, -0.2) is 0 Å². The van der Waals surface area contributed by atoms with Crippen molar-refractivity contribution < 1.29 is 29.0 Å². The molecule has 0 unspecified atom stereocenters. The molecule has 8 nitrogen and oxygen atoms in total. The van der Waals surface area contributed by atoms with Crippen LogP contribution in [0, 0.1) is 27.7 Å². The number of benzene rings is 7. The van der Waals surface area contributed by atoms with Gasteiger partial charge in [0, 0.05) is 45.7 Å². The van der Waals surface area contributed by atoms with Gasteiger partial charge in [0.15, 0.2) is 0 Å². The Bertz CT molecular complexity index is 2540. The molecule has 0 aromatic heterocycles. The van der Waals surface area contributed by atoms with E-state index in [-0.39, 0.29) is 11.1 Å². The van der Waals surface area contributed by atoms with Crippen molar-refractivity contribution in [2.24, 2.45) is 0 Å². The third-order valence-corrected chi connectivity index (χ3v) is 10.7. The van der Waals surface area contributed by atoms with Crippen LogP contribution >= 0.6 is 0 Å². The van der Waals surface area contributed by atoms with Crippen molar-refractivity contribution in [3.05, 3.63) is 112 Å². The highest BCUT2D eigenvalue weighted by Crippen LogP contribution is 2.53. The number of amides is 2. The topological polar surface area (TPSA) is 96.4 Å². The Hall–Kier alpha value is -6.15. The van der Waals surface area contributed by atoms with Crippen molar-refractivity contribution in [2.45, 2.75) is 47.0 Å². The number of carbonyl (C=O) groups is 3. The molecule has 7 aromatic rings. The quantitative estimate of drug-likeness (QED) is 0.100. The lowest BCUT2D eigenvalue weighted by Gasteiger charge is -2.31. The van der Waals surface area contributed by atoms with Crippen LogP contribution in [0.5, 0.6) is 23.0 Å². The summed E-state index contributed by atoms with van der Waals surface area (Å²) in [5.41, 5.74) is 5.68. The average molecular weight is 703 g/mol. The highest BCUT2D eigenvalue weighted by molar-refractivity contribution is 6.41. The summed E-state index contributed by atoms with van der Waals surface area (Å²) in [5.74, 6) is -0.557. The zero-order valence-electron chi connectivity index (χ0n) is 30.1. The van der Waals surface area contributed by atoms with E-state index >= 15 is 0 Å². The van der Waals surface area contributed by atoms with Crippen molar-refractivity contribution in [3.63, 3.8) is 0 Å².